The van der Waals surface area contributed by atoms with Crippen molar-refractivity contribution < 1.29 is 14.3 Å². The minimum Gasteiger partial charge on any atom is -0.444 e. The maximum absolute atomic E-state index is 12.4. The van der Waals surface area contributed by atoms with E-state index in [1.54, 1.807) is 4.90 Å². The van der Waals surface area contributed by atoms with Crippen LogP contribution in [0, 0.1) is 5.92 Å². The fourth-order valence-corrected chi connectivity index (χ4v) is 2.08. The Morgan fingerprint density at radius 1 is 1.17 bits per heavy atom. The molecule has 1 rings (SSSR count). The van der Waals surface area contributed by atoms with Gasteiger partial charge in [-0.2, -0.15) is 0 Å². The number of rotatable bonds is 7. The topological polar surface area (TPSA) is 46.6 Å². The first-order chi connectivity index (χ1) is 10.7. The SMILES string of the molecule is CCC(C)C(=O)CCN(Cc1ccccc1)C(=O)OC(C)(C)C. The highest BCUT2D eigenvalue weighted by Crippen LogP contribution is 2.14. The second-order valence-corrected chi connectivity index (χ2v) is 6.91. The average Bonchev–Trinajstić information content (AvgIpc) is 2.49. The van der Waals surface area contributed by atoms with Gasteiger partial charge in [-0.1, -0.05) is 44.2 Å². The van der Waals surface area contributed by atoms with Crippen LogP contribution < -0.4 is 0 Å². The molecule has 0 N–H and O–H groups in total. The second-order valence-electron chi connectivity index (χ2n) is 6.91. The van der Waals surface area contributed by atoms with Gasteiger partial charge in [-0.15, -0.1) is 0 Å². The number of Topliss-reactive ketones (excluding diaryl/α,β-unsaturated/α-hetero) is 1. The molecule has 0 saturated carbocycles. The normalized spacial score (nSPS) is 12.6. The van der Waals surface area contributed by atoms with Gasteiger partial charge in [0.1, 0.15) is 11.4 Å². The maximum Gasteiger partial charge on any atom is 0.410 e. The van der Waals surface area contributed by atoms with Crippen LogP contribution in [0.4, 0.5) is 4.79 Å². The van der Waals surface area contributed by atoms with Crippen LogP contribution in [0.3, 0.4) is 0 Å². The Labute approximate surface area is 139 Å². The van der Waals surface area contributed by atoms with Crippen molar-refractivity contribution in [1.29, 1.82) is 0 Å². The summed E-state index contributed by atoms with van der Waals surface area (Å²) in [7, 11) is 0. The molecule has 1 aromatic carbocycles. The number of amides is 1. The van der Waals surface area contributed by atoms with Crippen LogP contribution >= 0.6 is 0 Å². The summed E-state index contributed by atoms with van der Waals surface area (Å²) >= 11 is 0. The molecule has 0 heterocycles. The van der Waals surface area contributed by atoms with E-state index in [1.165, 1.54) is 0 Å². The van der Waals surface area contributed by atoms with Crippen LogP contribution in [0.5, 0.6) is 0 Å². The third kappa shape index (κ3) is 7.31. The molecule has 4 nitrogen and oxygen atoms in total. The Morgan fingerprint density at radius 2 is 1.78 bits per heavy atom. The zero-order valence-electron chi connectivity index (χ0n) is 15.0. The van der Waals surface area contributed by atoms with Crippen molar-refractivity contribution in [2.75, 3.05) is 6.54 Å². The summed E-state index contributed by atoms with van der Waals surface area (Å²) in [6, 6.07) is 9.75. The van der Waals surface area contributed by atoms with E-state index in [0.29, 0.717) is 19.5 Å². The van der Waals surface area contributed by atoms with Crippen molar-refractivity contribution in [2.45, 2.75) is 59.6 Å². The fourth-order valence-electron chi connectivity index (χ4n) is 2.08. The lowest BCUT2D eigenvalue weighted by Crippen LogP contribution is -2.38. The largest absolute Gasteiger partial charge is 0.444 e. The average molecular weight is 319 g/mol. The molecule has 0 aliphatic carbocycles. The quantitative estimate of drug-likeness (QED) is 0.747. The number of ketones is 1. The van der Waals surface area contributed by atoms with Gasteiger partial charge in [0.05, 0.1) is 0 Å². The summed E-state index contributed by atoms with van der Waals surface area (Å²) in [5, 5.41) is 0. The van der Waals surface area contributed by atoms with Gasteiger partial charge in [-0.25, -0.2) is 4.79 Å². The van der Waals surface area contributed by atoms with Gasteiger partial charge in [0.25, 0.3) is 0 Å². The number of hydrogen-bond acceptors (Lipinski definition) is 3. The molecule has 1 aromatic rings. The Bertz CT molecular complexity index is 505. The van der Waals surface area contributed by atoms with E-state index in [0.717, 1.165) is 12.0 Å². The number of nitrogens with zero attached hydrogens (tertiary/aromatic N) is 1. The van der Waals surface area contributed by atoms with E-state index in [2.05, 4.69) is 0 Å². The van der Waals surface area contributed by atoms with Crippen molar-refractivity contribution in [2.24, 2.45) is 5.92 Å². The zero-order chi connectivity index (χ0) is 17.5. The molecule has 0 aliphatic heterocycles. The molecule has 0 fully saturated rings. The number of carbonyl (C=O) groups is 2. The summed E-state index contributed by atoms with van der Waals surface area (Å²) < 4.78 is 5.47. The number of benzene rings is 1. The number of carbonyl (C=O) groups excluding carboxylic acids is 2. The van der Waals surface area contributed by atoms with Gasteiger partial charge in [-0.3, -0.25) is 4.79 Å². The maximum atomic E-state index is 12.4. The molecule has 0 bridgehead atoms. The fraction of sp³-hybridized carbons (Fsp3) is 0.579. The third-order valence-corrected chi connectivity index (χ3v) is 3.66. The highest BCUT2D eigenvalue weighted by atomic mass is 16.6. The highest BCUT2D eigenvalue weighted by molar-refractivity contribution is 5.81. The zero-order valence-corrected chi connectivity index (χ0v) is 15.0. The number of hydrogen-bond donors (Lipinski definition) is 0. The van der Waals surface area contributed by atoms with Crippen LogP contribution in [0.15, 0.2) is 30.3 Å². The first-order valence-corrected chi connectivity index (χ1v) is 8.27. The van der Waals surface area contributed by atoms with Crippen molar-refractivity contribution in [1.82, 2.24) is 4.90 Å². The molecule has 0 radical (unpaired) electrons. The van der Waals surface area contributed by atoms with Gasteiger partial charge in [0.15, 0.2) is 0 Å². The monoisotopic (exact) mass is 319 g/mol. The van der Waals surface area contributed by atoms with Crippen molar-refractivity contribution in [3.63, 3.8) is 0 Å². The van der Waals surface area contributed by atoms with Gasteiger partial charge in [0.2, 0.25) is 0 Å². The lowest BCUT2D eigenvalue weighted by Gasteiger charge is -2.27. The number of ether oxygens (including phenoxy) is 1. The second kappa shape index (κ2) is 8.70. The van der Waals surface area contributed by atoms with Gasteiger partial charge in [0, 0.05) is 25.4 Å². The molecule has 23 heavy (non-hydrogen) atoms. The Hall–Kier alpha value is -1.84. The molecular weight excluding hydrogens is 290 g/mol. The molecule has 1 unspecified atom stereocenters. The minimum absolute atomic E-state index is 0.0345. The smallest absolute Gasteiger partial charge is 0.410 e. The molecule has 0 aromatic heterocycles. The lowest BCUT2D eigenvalue weighted by atomic mass is 10.0. The molecular formula is C19H29NO3. The standard InChI is InChI=1S/C19H29NO3/c1-6-15(2)17(21)12-13-20(18(22)23-19(3,4)5)14-16-10-8-7-9-11-16/h7-11,15H,6,12-14H2,1-5H3. The van der Waals surface area contributed by atoms with E-state index in [4.69, 9.17) is 4.74 Å². The molecule has 0 aliphatic rings. The Balaban J connectivity index is 2.75. The lowest BCUT2D eigenvalue weighted by molar-refractivity contribution is -0.122. The predicted octanol–water partition coefficient (Wildman–Crippen LogP) is 4.43. The summed E-state index contributed by atoms with van der Waals surface area (Å²) in [6.45, 7) is 10.3. The molecule has 4 heteroatoms. The predicted molar refractivity (Wildman–Crippen MR) is 92.2 cm³/mol. The third-order valence-electron chi connectivity index (χ3n) is 3.66. The first-order valence-electron chi connectivity index (χ1n) is 8.27. The first kappa shape index (κ1) is 19.2. The summed E-state index contributed by atoms with van der Waals surface area (Å²) in [4.78, 5) is 26.1. The summed E-state index contributed by atoms with van der Waals surface area (Å²) in [5.74, 6) is 0.223. The van der Waals surface area contributed by atoms with Crippen LogP contribution in [-0.2, 0) is 16.1 Å². The van der Waals surface area contributed by atoms with E-state index < -0.39 is 5.60 Å². The molecule has 1 atom stereocenters. The van der Waals surface area contributed by atoms with E-state index in [9.17, 15) is 9.59 Å². The van der Waals surface area contributed by atoms with E-state index in [-0.39, 0.29) is 17.8 Å². The van der Waals surface area contributed by atoms with Gasteiger partial charge >= 0.3 is 6.09 Å². The molecule has 0 saturated heterocycles. The van der Waals surface area contributed by atoms with Crippen molar-refractivity contribution >= 4 is 11.9 Å². The molecule has 1 amide bonds. The van der Waals surface area contributed by atoms with Gasteiger partial charge < -0.3 is 9.64 Å². The van der Waals surface area contributed by atoms with E-state index >= 15 is 0 Å². The van der Waals surface area contributed by atoms with Crippen LogP contribution in [-0.4, -0.2) is 28.9 Å². The van der Waals surface area contributed by atoms with Crippen molar-refractivity contribution in [3.05, 3.63) is 35.9 Å². The molecule has 128 valence electrons. The highest BCUT2D eigenvalue weighted by Gasteiger charge is 2.23. The van der Waals surface area contributed by atoms with Crippen LogP contribution in [0.25, 0.3) is 0 Å². The summed E-state index contributed by atoms with van der Waals surface area (Å²) in [6.07, 6.45) is 0.809. The van der Waals surface area contributed by atoms with Crippen molar-refractivity contribution in [3.8, 4) is 0 Å². The Kier molecular flexibility index (Phi) is 7.27. The van der Waals surface area contributed by atoms with Crippen LogP contribution in [0.1, 0.15) is 53.0 Å². The van der Waals surface area contributed by atoms with Gasteiger partial charge in [-0.05, 0) is 32.8 Å². The summed E-state index contributed by atoms with van der Waals surface area (Å²) in [5.41, 5.74) is 0.474. The van der Waals surface area contributed by atoms with E-state index in [1.807, 2.05) is 65.0 Å². The molecule has 0 spiro atoms. The Morgan fingerprint density at radius 3 is 2.30 bits per heavy atom. The van der Waals surface area contributed by atoms with Crippen LogP contribution in [0.2, 0.25) is 0 Å². The minimum atomic E-state index is -0.549.